The van der Waals surface area contributed by atoms with Gasteiger partial charge in [0.15, 0.2) is 0 Å². The number of benzene rings is 1. The van der Waals surface area contributed by atoms with Gasteiger partial charge in [0.1, 0.15) is 11.6 Å². The van der Waals surface area contributed by atoms with Crippen LogP contribution in [0.25, 0.3) is 0 Å². The highest BCUT2D eigenvalue weighted by Gasteiger charge is 2.06. The largest absolute Gasteiger partial charge is 0.424 e. The SMILES string of the molecule is Cc1cc(Oc2nc(Cl)nc(Cl)n2)ccc1F. The monoisotopic (exact) mass is 273 g/mol. The van der Waals surface area contributed by atoms with Gasteiger partial charge in [-0.2, -0.15) is 15.0 Å². The minimum atomic E-state index is -0.316. The molecule has 0 spiro atoms. The third kappa shape index (κ3) is 3.01. The van der Waals surface area contributed by atoms with Crippen LogP contribution in [0.2, 0.25) is 10.6 Å². The zero-order chi connectivity index (χ0) is 12.4. The standard InChI is InChI=1S/C10H6Cl2FN3O/c1-5-4-6(2-3-7(5)13)17-10-15-8(11)14-9(12)16-10/h2-4H,1H3. The van der Waals surface area contributed by atoms with E-state index < -0.39 is 0 Å². The summed E-state index contributed by atoms with van der Waals surface area (Å²) < 4.78 is 18.3. The van der Waals surface area contributed by atoms with Crippen LogP contribution in [0.3, 0.4) is 0 Å². The molecule has 4 nitrogen and oxygen atoms in total. The molecular weight excluding hydrogens is 268 g/mol. The van der Waals surface area contributed by atoms with Crippen LogP contribution in [-0.4, -0.2) is 15.0 Å². The Hall–Kier alpha value is -1.46. The number of aromatic nitrogens is 3. The molecule has 17 heavy (non-hydrogen) atoms. The molecule has 1 aromatic carbocycles. The van der Waals surface area contributed by atoms with Crippen LogP contribution < -0.4 is 4.74 Å². The van der Waals surface area contributed by atoms with Gasteiger partial charge in [0.05, 0.1) is 0 Å². The highest BCUT2D eigenvalue weighted by Crippen LogP contribution is 2.22. The average Bonchev–Trinajstić information content (AvgIpc) is 2.22. The lowest BCUT2D eigenvalue weighted by Gasteiger charge is -2.05. The van der Waals surface area contributed by atoms with E-state index >= 15 is 0 Å². The van der Waals surface area contributed by atoms with Gasteiger partial charge in [-0.15, -0.1) is 0 Å². The first kappa shape index (κ1) is 12.0. The molecule has 0 fully saturated rings. The van der Waals surface area contributed by atoms with E-state index in [9.17, 15) is 4.39 Å². The Balaban J connectivity index is 2.28. The van der Waals surface area contributed by atoms with Crippen molar-refractivity contribution in [3.05, 3.63) is 40.1 Å². The van der Waals surface area contributed by atoms with E-state index in [0.717, 1.165) is 0 Å². The quantitative estimate of drug-likeness (QED) is 0.841. The Labute approximate surface area is 106 Å². The number of nitrogens with zero attached hydrogens (tertiary/aromatic N) is 3. The van der Waals surface area contributed by atoms with Gasteiger partial charge in [-0.05, 0) is 53.9 Å². The summed E-state index contributed by atoms with van der Waals surface area (Å²) in [5.41, 5.74) is 0.453. The molecule has 0 bridgehead atoms. The predicted molar refractivity (Wildman–Crippen MR) is 61.1 cm³/mol. The van der Waals surface area contributed by atoms with Gasteiger partial charge < -0.3 is 4.74 Å². The third-order valence-corrected chi connectivity index (χ3v) is 2.24. The Morgan fingerprint density at radius 3 is 2.35 bits per heavy atom. The van der Waals surface area contributed by atoms with Crippen LogP contribution in [0.1, 0.15) is 5.56 Å². The molecule has 2 aromatic rings. The molecule has 2 rings (SSSR count). The van der Waals surface area contributed by atoms with Crippen molar-refractivity contribution in [2.75, 3.05) is 0 Å². The van der Waals surface area contributed by atoms with Crippen LogP contribution >= 0.6 is 23.2 Å². The van der Waals surface area contributed by atoms with E-state index in [2.05, 4.69) is 15.0 Å². The molecule has 0 aliphatic carbocycles. The predicted octanol–water partition coefficient (Wildman–Crippen LogP) is 3.42. The summed E-state index contributed by atoms with van der Waals surface area (Å²) in [6.07, 6.45) is 0. The number of halogens is 3. The fraction of sp³-hybridized carbons (Fsp3) is 0.100. The van der Waals surface area contributed by atoms with Gasteiger partial charge in [0, 0.05) is 0 Å². The Bertz CT molecular complexity index is 545. The first-order valence-electron chi connectivity index (χ1n) is 4.55. The molecular formula is C10H6Cl2FN3O. The van der Waals surface area contributed by atoms with Crippen LogP contribution in [0, 0.1) is 12.7 Å². The van der Waals surface area contributed by atoms with Gasteiger partial charge in [-0.1, -0.05) is 0 Å². The van der Waals surface area contributed by atoms with Gasteiger partial charge in [0.2, 0.25) is 10.6 Å². The molecule has 0 unspecified atom stereocenters. The van der Waals surface area contributed by atoms with E-state index in [0.29, 0.717) is 11.3 Å². The smallest absolute Gasteiger partial charge is 0.327 e. The van der Waals surface area contributed by atoms with E-state index in [1.807, 2.05) is 0 Å². The molecule has 7 heteroatoms. The van der Waals surface area contributed by atoms with Crippen LogP contribution in [0.15, 0.2) is 18.2 Å². The summed E-state index contributed by atoms with van der Waals surface area (Å²) in [5.74, 6) is 0.0753. The minimum Gasteiger partial charge on any atom is -0.424 e. The number of hydrogen-bond acceptors (Lipinski definition) is 4. The second-order valence-corrected chi connectivity index (χ2v) is 3.85. The summed E-state index contributed by atoms with van der Waals surface area (Å²) >= 11 is 11.2. The maximum Gasteiger partial charge on any atom is 0.327 e. The van der Waals surface area contributed by atoms with Crippen molar-refractivity contribution >= 4 is 23.2 Å². The summed E-state index contributed by atoms with van der Waals surface area (Å²) in [7, 11) is 0. The lowest BCUT2D eigenvalue weighted by Crippen LogP contribution is -1.95. The Kier molecular flexibility index (Phi) is 3.40. The van der Waals surface area contributed by atoms with Gasteiger partial charge in [0.25, 0.3) is 0 Å². The van der Waals surface area contributed by atoms with Crippen LogP contribution in [0.5, 0.6) is 11.8 Å². The van der Waals surface area contributed by atoms with Crippen LogP contribution in [0.4, 0.5) is 4.39 Å². The van der Waals surface area contributed by atoms with Gasteiger partial charge in [-0.25, -0.2) is 4.39 Å². The molecule has 0 saturated carbocycles. The molecule has 0 atom stereocenters. The molecule has 0 N–H and O–H groups in total. The lowest BCUT2D eigenvalue weighted by atomic mass is 10.2. The topological polar surface area (TPSA) is 47.9 Å². The molecule has 0 amide bonds. The van der Waals surface area contributed by atoms with Crippen molar-refractivity contribution in [2.24, 2.45) is 0 Å². The van der Waals surface area contributed by atoms with E-state index in [4.69, 9.17) is 27.9 Å². The number of rotatable bonds is 2. The first-order chi connectivity index (χ1) is 8.04. The van der Waals surface area contributed by atoms with Gasteiger partial charge in [-0.3, -0.25) is 0 Å². The summed E-state index contributed by atoms with van der Waals surface area (Å²) in [6.45, 7) is 1.62. The number of hydrogen-bond donors (Lipinski definition) is 0. The summed E-state index contributed by atoms with van der Waals surface area (Å²) in [6, 6.07) is 4.21. The highest BCUT2D eigenvalue weighted by molar-refractivity contribution is 6.31. The van der Waals surface area contributed by atoms with E-state index in [1.54, 1.807) is 6.92 Å². The number of aryl methyl sites for hydroxylation is 1. The Morgan fingerprint density at radius 2 is 1.76 bits per heavy atom. The normalized spacial score (nSPS) is 10.4. The number of ether oxygens (including phenoxy) is 1. The second kappa shape index (κ2) is 4.81. The van der Waals surface area contributed by atoms with Gasteiger partial charge >= 0.3 is 6.01 Å². The van der Waals surface area contributed by atoms with Crippen molar-refractivity contribution in [2.45, 2.75) is 6.92 Å². The fourth-order valence-corrected chi connectivity index (χ4v) is 1.49. The van der Waals surface area contributed by atoms with E-state index in [-0.39, 0.29) is 22.4 Å². The second-order valence-electron chi connectivity index (χ2n) is 3.17. The maximum atomic E-state index is 13.0. The third-order valence-electron chi connectivity index (χ3n) is 1.90. The summed E-state index contributed by atoms with van der Waals surface area (Å²) in [5, 5.41) is -0.141. The van der Waals surface area contributed by atoms with Crippen molar-refractivity contribution < 1.29 is 9.13 Å². The maximum absolute atomic E-state index is 13.0. The van der Waals surface area contributed by atoms with Crippen molar-refractivity contribution in [3.63, 3.8) is 0 Å². The van der Waals surface area contributed by atoms with Crippen molar-refractivity contribution in [1.29, 1.82) is 0 Å². The fourth-order valence-electron chi connectivity index (χ4n) is 1.14. The van der Waals surface area contributed by atoms with E-state index in [1.165, 1.54) is 18.2 Å². The zero-order valence-electron chi connectivity index (χ0n) is 8.62. The van der Waals surface area contributed by atoms with Crippen LogP contribution in [-0.2, 0) is 0 Å². The summed E-state index contributed by atoms with van der Waals surface area (Å²) in [4.78, 5) is 11.0. The molecule has 0 aliphatic rings. The zero-order valence-corrected chi connectivity index (χ0v) is 10.1. The molecule has 0 radical (unpaired) electrons. The molecule has 1 heterocycles. The van der Waals surface area contributed by atoms with Crippen molar-refractivity contribution in [1.82, 2.24) is 15.0 Å². The molecule has 0 saturated heterocycles. The first-order valence-corrected chi connectivity index (χ1v) is 5.31. The van der Waals surface area contributed by atoms with Crippen molar-refractivity contribution in [3.8, 4) is 11.8 Å². The molecule has 1 aromatic heterocycles. The molecule has 0 aliphatic heterocycles. The highest BCUT2D eigenvalue weighted by atomic mass is 35.5. The Morgan fingerprint density at radius 1 is 1.12 bits per heavy atom. The minimum absolute atomic E-state index is 0.0407. The average molecular weight is 274 g/mol. The molecule has 88 valence electrons. The lowest BCUT2D eigenvalue weighted by molar-refractivity contribution is 0.437.